The molecule has 0 aliphatic carbocycles. The quantitative estimate of drug-likeness (QED) is 0.269. The maximum absolute atomic E-state index is 12.8. The summed E-state index contributed by atoms with van der Waals surface area (Å²) in [5, 5.41) is 13.1. The van der Waals surface area contributed by atoms with E-state index in [0.717, 1.165) is 52.7 Å². The number of hydrogen-bond acceptors (Lipinski definition) is 6. The first-order valence-electron chi connectivity index (χ1n) is 13.6. The molecule has 0 spiro atoms. The predicted molar refractivity (Wildman–Crippen MR) is 151 cm³/mol. The number of ether oxygens (including phenoxy) is 2. The van der Waals surface area contributed by atoms with Crippen molar-refractivity contribution in [2.45, 2.75) is 64.3 Å². The van der Waals surface area contributed by atoms with Gasteiger partial charge in [0, 0.05) is 60.4 Å². The standard InChI is InChI=1S/C30H38N4O6/c1-4-40-21-12-14-34(17-23-22-11-13-32-28(22)18(2)15-26(23)39-3)25(16-21)19-5-7-20(8-6-19)29(36)33-24(30(37)38)9-10-27(31)35/h5-8,11,13,15,21,24-25,32H,4,9-10,12,14,16-17H2,1-3H3,(H2,31,35)(H,33,36)(H,37,38)/t21-,24+,25+/m1/s1. The number of likely N-dealkylation sites (tertiary alicyclic amines) is 1. The second-order valence-corrected chi connectivity index (χ2v) is 10.2. The van der Waals surface area contributed by atoms with Crippen LogP contribution in [0.15, 0.2) is 42.6 Å². The van der Waals surface area contributed by atoms with Crippen LogP contribution in [-0.2, 0) is 20.9 Å². The van der Waals surface area contributed by atoms with E-state index in [1.807, 2.05) is 25.3 Å². The summed E-state index contributed by atoms with van der Waals surface area (Å²) in [5.74, 6) is -1.50. The van der Waals surface area contributed by atoms with Crippen molar-refractivity contribution in [1.82, 2.24) is 15.2 Å². The van der Waals surface area contributed by atoms with Gasteiger partial charge in [0.1, 0.15) is 11.8 Å². The molecular formula is C30H38N4O6. The van der Waals surface area contributed by atoms with Crippen molar-refractivity contribution >= 4 is 28.7 Å². The maximum atomic E-state index is 12.8. The van der Waals surface area contributed by atoms with Crippen molar-refractivity contribution in [1.29, 1.82) is 0 Å². The highest BCUT2D eigenvalue weighted by atomic mass is 16.5. The molecule has 40 heavy (non-hydrogen) atoms. The number of fused-ring (bicyclic) bond motifs is 1. The van der Waals surface area contributed by atoms with E-state index in [0.29, 0.717) is 18.7 Å². The van der Waals surface area contributed by atoms with Gasteiger partial charge in [-0.05, 0) is 68.5 Å². The molecule has 0 saturated carbocycles. The number of aliphatic carboxylic acids is 1. The lowest BCUT2D eigenvalue weighted by Gasteiger charge is -2.40. The number of rotatable bonds is 12. The van der Waals surface area contributed by atoms with Gasteiger partial charge in [-0.2, -0.15) is 0 Å². The van der Waals surface area contributed by atoms with Crippen LogP contribution in [0.4, 0.5) is 0 Å². The van der Waals surface area contributed by atoms with Crippen LogP contribution in [0.5, 0.6) is 5.75 Å². The number of amides is 2. The number of piperidine rings is 1. The normalized spacial score (nSPS) is 18.4. The molecule has 4 rings (SSSR count). The van der Waals surface area contributed by atoms with Crippen LogP contribution < -0.4 is 15.8 Å². The third kappa shape index (κ3) is 6.63. The number of nitrogens with one attached hydrogen (secondary N) is 2. The lowest BCUT2D eigenvalue weighted by Crippen LogP contribution is -2.41. The summed E-state index contributed by atoms with van der Waals surface area (Å²) in [6, 6.07) is 10.2. The summed E-state index contributed by atoms with van der Waals surface area (Å²) in [6.45, 7) is 6.23. The molecule has 214 valence electrons. The van der Waals surface area contributed by atoms with E-state index in [1.54, 1.807) is 19.2 Å². The lowest BCUT2D eigenvalue weighted by molar-refractivity contribution is -0.139. The number of primary amides is 1. The van der Waals surface area contributed by atoms with Crippen molar-refractivity contribution in [3.63, 3.8) is 0 Å². The van der Waals surface area contributed by atoms with Crippen molar-refractivity contribution in [3.8, 4) is 5.75 Å². The molecule has 1 aliphatic rings. The van der Waals surface area contributed by atoms with Crippen LogP contribution in [0.1, 0.15) is 65.7 Å². The minimum absolute atomic E-state index is 0.0461. The summed E-state index contributed by atoms with van der Waals surface area (Å²) in [4.78, 5) is 41.2. The second-order valence-electron chi connectivity index (χ2n) is 10.2. The zero-order valence-electron chi connectivity index (χ0n) is 23.2. The molecule has 1 aliphatic heterocycles. The Kier molecular flexibility index (Phi) is 9.44. The molecule has 0 unspecified atom stereocenters. The average Bonchev–Trinajstić information content (AvgIpc) is 3.44. The summed E-state index contributed by atoms with van der Waals surface area (Å²) in [5.41, 5.74) is 9.87. The fraction of sp³-hybridized carbons (Fsp3) is 0.433. The largest absolute Gasteiger partial charge is 0.496 e. The third-order valence-corrected chi connectivity index (χ3v) is 7.60. The zero-order valence-corrected chi connectivity index (χ0v) is 23.2. The molecule has 3 atom stereocenters. The first-order valence-corrected chi connectivity index (χ1v) is 13.6. The highest BCUT2D eigenvalue weighted by Gasteiger charge is 2.31. The van der Waals surface area contributed by atoms with E-state index < -0.39 is 23.8 Å². The molecule has 2 aromatic carbocycles. The Balaban J connectivity index is 1.57. The molecule has 0 bridgehead atoms. The first kappa shape index (κ1) is 29.1. The Morgan fingerprint density at radius 1 is 1.23 bits per heavy atom. The summed E-state index contributed by atoms with van der Waals surface area (Å²) in [7, 11) is 1.70. The fourth-order valence-electron chi connectivity index (χ4n) is 5.53. The van der Waals surface area contributed by atoms with Crippen LogP contribution in [-0.4, -0.2) is 65.2 Å². The summed E-state index contributed by atoms with van der Waals surface area (Å²) in [6.07, 6.45) is 3.60. The van der Waals surface area contributed by atoms with Gasteiger partial charge in [-0.1, -0.05) is 12.1 Å². The number of carboxylic acid groups (broad SMARTS) is 1. The highest BCUT2D eigenvalue weighted by Crippen LogP contribution is 2.38. The van der Waals surface area contributed by atoms with Crippen molar-refractivity contribution < 1.29 is 29.0 Å². The van der Waals surface area contributed by atoms with Gasteiger partial charge < -0.3 is 30.6 Å². The molecule has 1 aromatic heterocycles. The predicted octanol–water partition coefficient (Wildman–Crippen LogP) is 3.68. The average molecular weight is 551 g/mol. The Labute approximate surface area is 233 Å². The smallest absolute Gasteiger partial charge is 0.326 e. The Morgan fingerprint density at radius 3 is 2.62 bits per heavy atom. The molecule has 10 nitrogen and oxygen atoms in total. The van der Waals surface area contributed by atoms with E-state index in [1.165, 1.54) is 0 Å². The van der Waals surface area contributed by atoms with Gasteiger partial charge >= 0.3 is 5.97 Å². The van der Waals surface area contributed by atoms with Crippen molar-refractivity contribution in [2.24, 2.45) is 5.73 Å². The van der Waals surface area contributed by atoms with E-state index in [4.69, 9.17) is 15.2 Å². The Bertz CT molecular complexity index is 1350. The molecule has 10 heteroatoms. The highest BCUT2D eigenvalue weighted by molar-refractivity contribution is 5.96. The summed E-state index contributed by atoms with van der Waals surface area (Å²) >= 11 is 0. The SMILES string of the molecule is CCO[C@@H]1CCN(Cc2c(OC)cc(C)c3[nH]ccc23)[C@H](c2ccc(C(=O)N[C@@H](CCC(N)=O)C(=O)O)cc2)C1. The van der Waals surface area contributed by atoms with E-state index in [-0.39, 0.29) is 25.0 Å². The van der Waals surface area contributed by atoms with Crippen molar-refractivity contribution in [3.05, 3.63) is 64.8 Å². The van der Waals surface area contributed by atoms with Crippen LogP contribution >= 0.6 is 0 Å². The van der Waals surface area contributed by atoms with Crippen LogP contribution in [0.2, 0.25) is 0 Å². The van der Waals surface area contributed by atoms with Gasteiger partial charge in [-0.15, -0.1) is 0 Å². The number of benzene rings is 2. The minimum Gasteiger partial charge on any atom is -0.496 e. The van der Waals surface area contributed by atoms with Gasteiger partial charge in [0.15, 0.2) is 0 Å². The van der Waals surface area contributed by atoms with Gasteiger partial charge in [0.05, 0.1) is 13.2 Å². The number of carboxylic acids is 1. The molecule has 2 heterocycles. The van der Waals surface area contributed by atoms with Crippen molar-refractivity contribution in [2.75, 3.05) is 20.3 Å². The van der Waals surface area contributed by atoms with Gasteiger partial charge in [0.2, 0.25) is 5.91 Å². The molecule has 1 fully saturated rings. The zero-order chi connectivity index (χ0) is 28.8. The number of methoxy groups -OCH3 is 1. The second kappa shape index (κ2) is 13.0. The van der Waals surface area contributed by atoms with Gasteiger partial charge in [-0.3, -0.25) is 14.5 Å². The third-order valence-electron chi connectivity index (χ3n) is 7.60. The topological polar surface area (TPSA) is 147 Å². The number of carbonyl (C=O) groups excluding carboxylic acids is 2. The number of carbonyl (C=O) groups is 3. The molecular weight excluding hydrogens is 512 g/mol. The maximum Gasteiger partial charge on any atom is 0.326 e. The minimum atomic E-state index is -1.21. The molecule has 2 amide bonds. The number of H-pyrrole nitrogens is 1. The monoisotopic (exact) mass is 550 g/mol. The van der Waals surface area contributed by atoms with Gasteiger partial charge in [-0.25, -0.2) is 4.79 Å². The van der Waals surface area contributed by atoms with E-state index in [9.17, 15) is 19.5 Å². The van der Waals surface area contributed by atoms with Gasteiger partial charge in [0.25, 0.3) is 5.91 Å². The van der Waals surface area contributed by atoms with Crippen LogP contribution in [0.25, 0.3) is 10.9 Å². The van der Waals surface area contributed by atoms with Crippen LogP contribution in [0.3, 0.4) is 0 Å². The number of aryl methyl sites for hydroxylation is 1. The van der Waals surface area contributed by atoms with E-state index >= 15 is 0 Å². The van der Waals surface area contributed by atoms with E-state index in [2.05, 4.69) is 34.3 Å². The lowest BCUT2D eigenvalue weighted by atomic mass is 9.91. The number of aromatic amines is 1. The molecule has 5 N–H and O–H groups in total. The fourth-order valence-corrected chi connectivity index (χ4v) is 5.53. The Hall–Kier alpha value is -3.89. The summed E-state index contributed by atoms with van der Waals surface area (Å²) < 4.78 is 11.8. The molecule has 1 saturated heterocycles. The molecule has 3 aromatic rings. The van der Waals surface area contributed by atoms with Crippen LogP contribution in [0, 0.1) is 6.92 Å². The number of nitrogens with zero attached hydrogens (tertiary/aromatic N) is 1. The first-order chi connectivity index (χ1) is 19.2. The molecule has 0 radical (unpaired) electrons. The Morgan fingerprint density at radius 2 is 1.98 bits per heavy atom. The number of hydrogen-bond donors (Lipinski definition) is 4. The number of aromatic nitrogens is 1. The number of nitrogens with two attached hydrogens (primary N) is 1.